The number of rotatable bonds is 3. The van der Waals surface area contributed by atoms with Crippen molar-refractivity contribution in [2.24, 2.45) is 5.73 Å². The standard InChI is InChI=1S/C12H13N5O2/c1-6-9(10(13)17-16-6)12(19)15-8-4-2-3-7(5-8)11(14)18/h2-5H,1H3,(H2,14,18)(H,15,19)(H3,13,16,17). The van der Waals surface area contributed by atoms with Gasteiger partial charge in [0.2, 0.25) is 5.91 Å². The van der Waals surface area contributed by atoms with Gasteiger partial charge in [0.1, 0.15) is 5.56 Å². The van der Waals surface area contributed by atoms with Crippen molar-refractivity contribution in [2.45, 2.75) is 6.92 Å². The molecule has 0 aliphatic heterocycles. The lowest BCUT2D eigenvalue weighted by Gasteiger charge is -2.06. The highest BCUT2D eigenvalue weighted by molar-refractivity contribution is 6.08. The maximum atomic E-state index is 12.0. The molecule has 0 aliphatic carbocycles. The monoisotopic (exact) mass is 259 g/mol. The first kappa shape index (κ1) is 12.6. The van der Waals surface area contributed by atoms with Crippen LogP contribution in [0.3, 0.4) is 0 Å². The number of nitrogen functional groups attached to an aromatic ring is 1. The Bertz CT molecular complexity index is 628. The number of carbonyl (C=O) groups is 2. The minimum absolute atomic E-state index is 0.126. The zero-order valence-corrected chi connectivity index (χ0v) is 10.2. The first-order valence-electron chi connectivity index (χ1n) is 5.50. The van der Waals surface area contributed by atoms with Crippen molar-refractivity contribution in [2.75, 3.05) is 11.1 Å². The molecule has 2 aromatic rings. The summed E-state index contributed by atoms with van der Waals surface area (Å²) in [5, 5.41) is 9.00. The lowest BCUT2D eigenvalue weighted by atomic mass is 10.1. The molecule has 2 rings (SSSR count). The van der Waals surface area contributed by atoms with E-state index in [-0.39, 0.29) is 11.4 Å². The molecule has 0 saturated carbocycles. The Balaban J connectivity index is 2.24. The first-order chi connectivity index (χ1) is 8.99. The second-order valence-corrected chi connectivity index (χ2v) is 4.01. The third-order valence-corrected chi connectivity index (χ3v) is 2.61. The van der Waals surface area contributed by atoms with E-state index in [4.69, 9.17) is 11.5 Å². The third kappa shape index (κ3) is 2.54. The van der Waals surface area contributed by atoms with Crippen LogP contribution in [-0.4, -0.2) is 22.0 Å². The second-order valence-electron chi connectivity index (χ2n) is 4.01. The van der Waals surface area contributed by atoms with E-state index in [1.165, 1.54) is 6.07 Å². The van der Waals surface area contributed by atoms with Crippen molar-refractivity contribution in [3.8, 4) is 0 Å². The average molecular weight is 259 g/mol. The molecule has 1 heterocycles. The molecule has 7 nitrogen and oxygen atoms in total. The zero-order chi connectivity index (χ0) is 14.0. The number of primary amides is 1. The van der Waals surface area contributed by atoms with Crippen molar-refractivity contribution in [3.05, 3.63) is 41.1 Å². The Kier molecular flexibility index (Phi) is 3.19. The molecule has 0 spiro atoms. The molecule has 7 heteroatoms. The van der Waals surface area contributed by atoms with Crippen LogP contribution in [0.25, 0.3) is 0 Å². The van der Waals surface area contributed by atoms with Gasteiger partial charge in [0.05, 0.1) is 0 Å². The van der Waals surface area contributed by atoms with E-state index in [1.807, 2.05) is 0 Å². The molecule has 6 N–H and O–H groups in total. The quantitative estimate of drug-likeness (QED) is 0.645. The number of hydrogen-bond donors (Lipinski definition) is 4. The Morgan fingerprint density at radius 2 is 2.11 bits per heavy atom. The fourth-order valence-electron chi connectivity index (χ4n) is 1.68. The number of hydrogen-bond acceptors (Lipinski definition) is 4. The molecule has 0 radical (unpaired) electrons. The van der Waals surface area contributed by atoms with E-state index in [0.717, 1.165) is 0 Å². The van der Waals surface area contributed by atoms with Crippen molar-refractivity contribution in [3.63, 3.8) is 0 Å². The zero-order valence-electron chi connectivity index (χ0n) is 10.2. The van der Waals surface area contributed by atoms with Crippen LogP contribution < -0.4 is 16.8 Å². The van der Waals surface area contributed by atoms with Gasteiger partial charge in [-0.3, -0.25) is 14.7 Å². The van der Waals surface area contributed by atoms with E-state index in [2.05, 4.69) is 15.5 Å². The van der Waals surface area contributed by atoms with Gasteiger partial charge >= 0.3 is 0 Å². The van der Waals surface area contributed by atoms with Crippen molar-refractivity contribution < 1.29 is 9.59 Å². The number of carbonyl (C=O) groups excluding carboxylic acids is 2. The van der Waals surface area contributed by atoms with Gasteiger partial charge in [-0.1, -0.05) is 6.07 Å². The average Bonchev–Trinajstić information content (AvgIpc) is 2.69. The Labute approximate surface area is 109 Å². The molecule has 0 unspecified atom stereocenters. The van der Waals surface area contributed by atoms with Crippen LogP contribution in [0, 0.1) is 6.92 Å². The molecule has 0 bridgehead atoms. The van der Waals surface area contributed by atoms with Gasteiger partial charge in [0.15, 0.2) is 5.82 Å². The van der Waals surface area contributed by atoms with Gasteiger partial charge < -0.3 is 16.8 Å². The van der Waals surface area contributed by atoms with Gasteiger partial charge in [-0.15, -0.1) is 0 Å². The molecule has 0 fully saturated rings. The van der Waals surface area contributed by atoms with Crippen molar-refractivity contribution in [1.29, 1.82) is 0 Å². The van der Waals surface area contributed by atoms with E-state index in [1.54, 1.807) is 25.1 Å². The summed E-state index contributed by atoms with van der Waals surface area (Å²) in [6.07, 6.45) is 0. The highest BCUT2D eigenvalue weighted by Gasteiger charge is 2.16. The minimum atomic E-state index is -0.560. The summed E-state index contributed by atoms with van der Waals surface area (Å²) in [6.45, 7) is 1.69. The molecule has 1 aromatic heterocycles. The summed E-state index contributed by atoms with van der Waals surface area (Å²) in [6, 6.07) is 6.33. The normalized spacial score (nSPS) is 10.2. The van der Waals surface area contributed by atoms with Gasteiger partial charge in [-0.25, -0.2) is 0 Å². The van der Waals surface area contributed by atoms with Crippen LogP contribution >= 0.6 is 0 Å². The number of aromatic amines is 1. The Morgan fingerprint density at radius 1 is 1.37 bits per heavy atom. The van der Waals surface area contributed by atoms with E-state index >= 15 is 0 Å². The summed E-state index contributed by atoms with van der Waals surface area (Å²) in [5.41, 5.74) is 12.4. The van der Waals surface area contributed by atoms with Gasteiger partial charge in [0, 0.05) is 16.9 Å². The summed E-state index contributed by atoms with van der Waals surface area (Å²) >= 11 is 0. The molecule has 98 valence electrons. The number of nitrogens with zero attached hydrogens (tertiary/aromatic N) is 1. The van der Waals surface area contributed by atoms with Crippen LogP contribution in [-0.2, 0) is 0 Å². The molecular weight excluding hydrogens is 246 g/mol. The van der Waals surface area contributed by atoms with Gasteiger partial charge in [-0.2, -0.15) is 5.10 Å². The SMILES string of the molecule is Cc1[nH]nc(N)c1C(=O)Nc1cccc(C(N)=O)c1. The summed E-state index contributed by atoms with van der Waals surface area (Å²) < 4.78 is 0. The van der Waals surface area contributed by atoms with Crippen LogP contribution in [0.1, 0.15) is 26.4 Å². The molecule has 0 saturated heterocycles. The van der Waals surface area contributed by atoms with Crippen LogP contribution in [0.4, 0.5) is 11.5 Å². The number of anilines is 2. The number of nitrogens with two attached hydrogens (primary N) is 2. The lowest BCUT2D eigenvalue weighted by molar-refractivity contribution is 0.0996. The number of H-pyrrole nitrogens is 1. The topological polar surface area (TPSA) is 127 Å². The van der Waals surface area contributed by atoms with Crippen LogP contribution in [0.2, 0.25) is 0 Å². The molecular formula is C12H13N5O2. The van der Waals surface area contributed by atoms with E-state index in [9.17, 15) is 9.59 Å². The fourth-order valence-corrected chi connectivity index (χ4v) is 1.68. The fraction of sp³-hybridized carbons (Fsp3) is 0.0833. The molecule has 0 atom stereocenters. The number of aromatic nitrogens is 2. The highest BCUT2D eigenvalue weighted by atomic mass is 16.2. The molecule has 1 aromatic carbocycles. The highest BCUT2D eigenvalue weighted by Crippen LogP contribution is 2.16. The van der Waals surface area contributed by atoms with Crippen LogP contribution in [0.15, 0.2) is 24.3 Å². The smallest absolute Gasteiger partial charge is 0.261 e. The Morgan fingerprint density at radius 3 is 2.68 bits per heavy atom. The van der Waals surface area contributed by atoms with Gasteiger partial charge in [0.25, 0.3) is 5.91 Å². The predicted molar refractivity (Wildman–Crippen MR) is 70.7 cm³/mol. The summed E-state index contributed by atoms with van der Waals surface area (Å²) in [7, 11) is 0. The second kappa shape index (κ2) is 4.81. The Hall–Kier alpha value is -2.83. The lowest BCUT2D eigenvalue weighted by Crippen LogP contribution is -2.15. The molecule has 2 amide bonds. The summed E-state index contributed by atoms with van der Waals surface area (Å²) in [4.78, 5) is 23.1. The van der Waals surface area contributed by atoms with Crippen molar-refractivity contribution >= 4 is 23.3 Å². The maximum absolute atomic E-state index is 12.0. The first-order valence-corrected chi connectivity index (χ1v) is 5.50. The van der Waals surface area contributed by atoms with E-state index < -0.39 is 11.8 Å². The third-order valence-electron chi connectivity index (χ3n) is 2.61. The van der Waals surface area contributed by atoms with Crippen molar-refractivity contribution in [1.82, 2.24) is 10.2 Å². The van der Waals surface area contributed by atoms with E-state index in [0.29, 0.717) is 16.9 Å². The summed E-state index contributed by atoms with van der Waals surface area (Å²) in [5.74, 6) is -0.832. The number of amides is 2. The van der Waals surface area contributed by atoms with Crippen LogP contribution in [0.5, 0.6) is 0 Å². The number of benzene rings is 1. The predicted octanol–water partition coefficient (Wildman–Crippen LogP) is 0.652. The van der Waals surface area contributed by atoms with Gasteiger partial charge in [-0.05, 0) is 25.1 Å². The maximum Gasteiger partial charge on any atom is 0.261 e. The number of aryl methyl sites for hydroxylation is 1. The largest absolute Gasteiger partial charge is 0.382 e. The molecule has 0 aliphatic rings. The number of nitrogens with one attached hydrogen (secondary N) is 2. The molecule has 19 heavy (non-hydrogen) atoms. The minimum Gasteiger partial charge on any atom is -0.382 e.